The second-order valence-corrected chi connectivity index (χ2v) is 8.12. The van der Waals surface area contributed by atoms with E-state index in [2.05, 4.69) is 20.4 Å². The van der Waals surface area contributed by atoms with E-state index in [9.17, 15) is 4.79 Å². The van der Waals surface area contributed by atoms with Gasteiger partial charge in [-0.05, 0) is 43.4 Å². The van der Waals surface area contributed by atoms with Crippen LogP contribution in [-0.2, 0) is 4.74 Å². The van der Waals surface area contributed by atoms with E-state index in [-0.39, 0.29) is 11.9 Å². The first-order valence-corrected chi connectivity index (χ1v) is 10.1. The normalized spacial score (nSPS) is 27.4. The third-order valence-electron chi connectivity index (χ3n) is 6.12. The van der Waals surface area contributed by atoms with Crippen molar-refractivity contribution < 1.29 is 14.3 Å². The largest absolute Gasteiger partial charge is 0.497 e. The summed E-state index contributed by atoms with van der Waals surface area (Å²) in [5.74, 6) is 1.42. The van der Waals surface area contributed by atoms with Crippen molar-refractivity contribution in [1.82, 2.24) is 20.4 Å². The fourth-order valence-electron chi connectivity index (χ4n) is 4.39. The standard InChI is InChI=1S/C21H26N4O3/c1-27-17-4-2-3-14(7-17)18-9-19(24-23-18)21(26)22-15-8-16-12-28-20(13-5-6-13)11-25(16)10-15/h2-4,7,9,13,15-16,20H,5-6,8,10-12H2,1H3,(H,22,26)(H,23,24)/t15-,16+,20-/m1/s1. The molecule has 3 atom stereocenters. The number of morpholine rings is 1. The Labute approximate surface area is 164 Å². The van der Waals surface area contributed by atoms with Crippen LogP contribution in [0.1, 0.15) is 29.8 Å². The summed E-state index contributed by atoms with van der Waals surface area (Å²) >= 11 is 0. The first kappa shape index (κ1) is 17.7. The molecule has 1 aromatic carbocycles. The fraction of sp³-hybridized carbons (Fsp3) is 0.524. The number of rotatable bonds is 5. The Morgan fingerprint density at radius 1 is 1.32 bits per heavy atom. The van der Waals surface area contributed by atoms with Gasteiger partial charge < -0.3 is 14.8 Å². The van der Waals surface area contributed by atoms with E-state index in [0.29, 0.717) is 17.8 Å². The Morgan fingerprint density at radius 3 is 3.04 bits per heavy atom. The summed E-state index contributed by atoms with van der Waals surface area (Å²) in [4.78, 5) is 15.2. The molecule has 2 saturated heterocycles. The molecule has 0 radical (unpaired) electrons. The quantitative estimate of drug-likeness (QED) is 0.828. The maximum Gasteiger partial charge on any atom is 0.269 e. The van der Waals surface area contributed by atoms with Crippen LogP contribution in [0.3, 0.4) is 0 Å². The zero-order valence-corrected chi connectivity index (χ0v) is 16.1. The molecule has 3 aliphatic rings. The number of hydrogen-bond acceptors (Lipinski definition) is 5. The van der Waals surface area contributed by atoms with Crippen molar-refractivity contribution in [2.75, 3.05) is 26.8 Å². The van der Waals surface area contributed by atoms with Gasteiger partial charge in [-0.15, -0.1) is 0 Å². The Bertz CT molecular complexity index is 863. The summed E-state index contributed by atoms with van der Waals surface area (Å²) in [6, 6.07) is 10.0. The zero-order valence-electron chi connectivity index (χ0n) is 16.1. The molecule has 0 bridgehead atoms. The van der Waals surface area contributed by atoms with Gasteiger partial charge in [0.2, 0.25) is 0 Å². The summed E-state index contributed by atoms with van der Waals surface area (Å²) in [7, 11) is 1.63. The van der Waals surface area contributed by atoms with Gasteiger partial charge in [0, 0.05) is 30.7 Å². The van der Waals surface area contributed by atoms with Crippen LogP contribution in [0, 0.1) is 5.92 Å². The predicted molar refractivity (Wildman–Crippen MR) is 104 cm³/mol. The molecule has 3 fully saturated rings. The molecular weight excluding hydrogens is 356 g/mol. The fourth-order valence-corrected chi connectivity index (χ4v) is 4.39. The van der Waals surface area contributed by atoms with Gasteiger partial charge in [0.05, 0.1) is 25.5 Å². The minimum absolute atomic E-state index is 0.105. The van der Waals surface area contributed by atoms with Gasteiger partial charge in [-0.1, -0.05) is 12.1 Å². The number of amides is 1. The van der Waals surface area contributed by atoms with Gasteiger partial charge in [-0.25, -0.2) is 0 Å². The number of benzene rings is 1. The average Bonchev–Trinajstić information content (AvgIpc) is 3.30. The smallest absolute Gasteiger partial charge is 0.269 e. The van der Waals surface area contributed by atoms with Crippen LogP contribution in [0.25, 0.3) is 11.3 Å². The van der Waals surface area contributed by atoms with Crippen molar-refractivity contribution in [2.45, 2.75) is 37.5 Å². The predicted octanol–water partition coefficient (Wildman–Crippen LogP) is 2.07. The van der Waals surface area contributed by atoms with Gasteiger partial charge in [0.1, 0.15) is 11.4 Å². The Hall–Kier alpha value is -2.38. The molecule has 1 aromatic heterocycles. The second kappa shape index (κ2) is 7.22. The third kappa shape index (κ3) is 3.52. The maximum atomic E-state index is 12.7. The number of fused-ring (bicyclic) bond motifs is 1. The minimum atomic E-state index is -0.105. The molecule has 5 rings (SSSR count). The molecule has 3 heterocycles. The molecule has 7 heteroatoms. The highest BCUT2D eigenvalue weighted by molar-refractivity contribution is 5.93. The van der Waals surface area contributed by atoms with Crippen molar-refractivity contribution in [3.8, 4) is 17.0 Å². The van der Waals surface area contributed by atoms with Gasteiger partial charge in [0.15, 0.2) is 0 Å². The van der Waals surface area contributed by atoms with E-state index in [1.807, 2.05) is 24.3 Å². The second-order valence-electron chi connectivity index (χ2n) is 8.12. The lowest BCUT2D eigenvalue weighted by molar-refractivity contribution is -0.0581. The number of methoxy groups -OCH3 is 1. The number of H-pyrrole nitrogens is 1. The molecule has 1 saturated carbocycles. The van der Waals surface area contributed by atoms with Gasteiger partial charge >= 0.3 is 0 Å². The first-order chi connectivity index (χ1) is 13.7. The van der Waals surface area contributed by atoms with Crippen LogP contribution in [0.4, 0.5) is 0 Å². The van der Waals surface area contributed by atoms with E-state index < -0.39 is 0 Å². The number of aromatic amines is 1. The van der Waals surface area contributed by atoms with E-state index in [4.69, 9.17) is 9.47 Å². The molecule has 2 N–H and O–H groups in total. The molecule has 28 heavy (non-hydrogen) atoms. The number of carbonyl (C=O) groups is 1. The monoisotopic (exact) mass is 382 g/mol. The summed E-state index contributed by atoms with van der Waals surface area (Å²) in [6.45, 7) is 2.70. The minimum Gasteiger partial charge on any atom is -0.497 e. The van der Waals surface area contributed by atoms with Crippen molar-refractivity contribution in [3.05, 3.63) is 36.0 Å². The van der Waals surface area contributed by atoms with Crippen molar-refractivity contribution >= 4 is 5.91 Å². The van der Waals surface area contributed by atoms with E-state index in [0.717, 1.165) is 49.0 Å². The SMILES string of the molecule is COc1cccc(-c2cc(C(=O)N[C@@H]3C[C@H]4CO[C@@H](C5CC5)CN4C3)[nH]n2)c1. The lowest BCUT2D eigenvalue weighted by atomic mass is 10.1. The van der Waals surface area contributed by atoms with E-state index >= 15 is 0 Å². The number of aromatic nitrogens is 2. The maximum absolute atomic E-state index is 12.7. The van der Waals surface area contributed by atoms with Gasteiger partial charge in [0.25, 0.3) is 5.91 Å². The summed E-state index contributed by atoms with van der Waals surface area (Å²) < 4.78 is 11.3. The molecule has 0 spiro atoms. The number of carbonyl (C=O) groups excluding carboxylic acids is 1. The van der Waals surface area contributed by atoms with Crippen molar-refractivity contribution in [2.24, 2.45) is 5.92 Å². The van der Waals surface area contributed by atoms with Crippen LogP contribution < -0.4 is 10.1 Å². The summed E-state index contributed by atoms with van der Waals surface area (Å²) in [6.07, 6.45) is 3.95. The van der Waals surface area contributed by atoms with Crippen LogP contribution in [-0.4, -0.2) is 66.0 Å². The number of nitrogens with one attached hydrogen (secondary N) is 2. The molecule has 148 valence electrons. The molecule has 1 amide bonds. The van der Waals surface area contributed by atoms with Crippen molar-refractivity contribution in [1.29, 1.82) is 0 Å². The summed E-state index contributed by atoms with van der Waals surface area (Å²) in [5, 5.41) is 10.3. The number of ether oxygens (including phenoxy) is 2. The van der Waals surface area contributed by atoms with Gasteiger partial charge in [-0.2, -0.15) is 5.10 Å². The molecule has 2 aromatic rings. The molecule has 2 aliphatic heterocycles. The Balaban J connectivity index is 1.21. The third-order valence-corrected chi connectivity index (χ3v) is 6.12. The van der Waals surface area contributed by atoms with Gasteiger partial charge in [-0.3, -0.25) is 14.8 Å². The lowest BCUT2D eigenvalue weighted by Gasteiger charge is -2.35. The lowest BCUT2D eigenvalue weighted by Crippen LogP contribution is -2.47. The molecule has 7 nitrogen and oxygen atoms in total. The Kier molecular flexibility index (Phi) is 4.56. The van der Waals surface area contributed by atoms with E-state index in [1.54, 1.807) is 13.2 Å². The first-order valence-electron chi connectivity index (χ1n) is 10.1. The van der Waals surface area contributed by atoms with E-state index in [1.165, 1.54) is 12.8 Å². The van der Waals surface area contributed by atoms with Crippen LogP contribution in [0.15, 0.2) is 30.3 Å². The highest BCUT2D eigenvalue weighted by Gasteiger charge is 2.42. The van der Waals surface area contributed by atoms with Crippen LogP contribution in [0.2, 0.25) is 0 Å². The molecule has 1 aliphatic carbocycles. The average molecular weight is 382 g/mol. The van der Waals surface area contributed by atoms with Crippen molar-refractivity contribution in [3.63, 3.8) is 0 Å². The van der Waals surface area contributed by atoms with Crippen LogP contribution >= 0.6 is 0 Å². The molecule has 0 unspecified atom stereocenters. The summed E-state index contributed by atoms with van der Waals surface area (Å²) in [5.41, 5.74) is 2.12. The molecular formula is C21H26N4O3. The number of nitrogens with zero attached hydrogens (tertiary/aromatic N) is 2. The number of hydrogen-bond donors (Lipinski definition) is 2. The van der Waals surface area contributed by atoms with Crippen LogP contribution in [0.5, 0.6) is 5.75 Å². The Morgan fingerprint density at radius 2 is 2.21 bits per heavy atom. The zero-order chi connectivity index (χ0) is 19.1. The highest BCUT2D eigenvalue weighted by Crippen LogP contribution is 2.37. The highest BCUT2D eigenvalue weighted by atomic mass is 16.5. The topological polar surface area (TPSA) is 79.5 Å².